The summed E-state index contributed by atoms with van der Waals surface area (Å²) in [5.74, 6) is 1.41. The Labute approximate surface area is 256 Å². The van der Waals surface area contributed by atoms with Crippen LogP contribution in [0.15, 0.2) is 91.0 Å². The van der Waals surface area contributed by atoms with Gasteiger partial charge in [0.25, 0.3) is 5.91 Å². The molecule has 0 aromatic heterocycles. The first-order valence-corrected chi connectivity index (χ1v) is 17.3. The van der Waals surface area contributed by atoms with E-state index >= 15 is 0 Å². The molecule has 6 rings (SSSR count). The zero-order valence-corrected chi connectivity index (χ0v) is 25.5. The number of nitrogens with zero attached hydrogens (tertiary/aromatic N) is 2. The molecule has 42 heavy (non-hydrogen) atoms. The van der Waals surface area contributed by atoms with Gasteiger partial charge in [0, 0.05) is 49.2 Å². The molecule has 0 aliphatic carbocycles. The minimum atomic E-state index is -0.123. The summed E-state index contributed by atoms with van der Waals surface area (Å²) >= 11 is 0. The third-order valence-corrected chi connectivity index (χ3v) is 11.3. The maximum absolute atomic E-state index is 13.7. The Morgan fingerprint density at radius 3 is 2.40 bits per heavy atom. The lowest BCUT2D eigenvalue weighted by Crippen LogP contribution is -2.49. The number of fused-ring (bicyclic) bond motifs is 1. The van der Waals surface area contributed by atoms with E-state index in [0.717, 1.165) is 64.5 Å². The van der Waals surface area contributed by atoms with Crippen LogP contribution < -0.4 is 10.2 Å². The summed E-state index contributed by atoms with van der Waals surface area (Å²) in [6.45, 7) is 2.88. The van der Waals surface area contributed by atoms with Crippen molar-refractivity contribution in [2.24, 2.45) is 0 Å². The average Bonchev–Trinajstić information content (AvgIpc) is 3.57. The van der Waals surface area contributed by atoms with E-state index in [1.807, 2.05) is 87.2 Å². The Kier molecular flexibility index (Phi) is 9.36. The highest BCUT2D eigenvalue weighted by Crippen LogP contribution is 2.40. The number of carbonyl (C=O) groups excluding carboxylic acids is 2. The van der Waals surface area contributed by atoms with E-state index in [1.54, 1.807) is 0 Å². The minimum Gasteiger partial charge on any atom is -0.366 e. The number of hydrogen-bond acceptors (Lipinski definition) is 5. The fraction of sp³-hybridized carbons (Fsp3) is 0.314. The van der Waals surface area contributed by atoms with E-state index in [2.05, 4.69) is 40.5 Å². The van der Waals surface area contributed by atoms with Gasteiger partial charge < -0.3 is 15.1 Å². The van der Waals surface area contributed by atoms with Crippen LogP contribution in [0.4, 0.5) is 11.4 Å². The molecule has 0 saturated carbocycles. The number of anilines is 2. The predicted molar refractivity (Wildman–Crippen MR) is 179 cm³/mol. The molecule has 2 aliphatic heterocycles. The van der Waals surface area contributed by atoms with E-state index in [0.29, 0.717) is 25.1 Å². The van der Waals surface area contributed by atoms with Crippen molar-refractivity contribution in [2.75, 3.05) is 42.1 Å². The second-order valence-corrected chi connectivity index (χ2v) is 13.8. The quantitative estimate of drug-likeness (QED) is 0.156. The molecule has 0 bridgehead atoms. The van der Waals surface area contributed by atoms with Crippen LogP contribution in [0.25, 0.3) is 21.9 Å². The van der Waals surface area contributed by atoms with Crippen molar-refractivity contribution in [1.29, 1.82) is 0 Å². The summed E-state index contributed by atoms with van der Waals surface area (Å²) in [6.07, 6.45) is 5.29. The first kappa shape index (κ1) is 28.7. The number of hydrogen-bond donors (Lipinski definition) is 1. The summed E-state index contributed by atoms with van der Waals surface area (Å²) in [4.78, 5) is 30.9. The molecular formula is C35H37N3O2S2. The van der Waals surface area contributed by atoms with Crippen molar-refractivity contribution in [3.05, 3.63) is 96.6 Å². The highest BCUT2D eigenvalue weighted by Gasteiger charge is 2.24. The molecule has 2 heterocycles. The summed E-state index contributed by atoms with van der Waals surface area (Å²) in [5, 5.41) is 6.01. The number of carbonyl (C=O) groups is 2. The van der Waals surface area contributed by atoms with Crippen molar-refractivity contribution in [3.63, 3.8) is 0 Å². The highest BCUT2D eigenvalue weighted by molar-refractivity contribution is 8.77. The van der Waals surface area contributed by atoms with Crippen LogP contribution >= 0.6 is 21.6 Å². The number of rotatable bonds is 9. The largest absolute Gasteiger partial charge is 0.366 e. The Morgan fingerprint density at radius 2 is 1.60 bits per heavy atom. The van der Waals surface area contributed by atoms with E-state index < -0.39 is 0 Å². The Bertz CT molecular complexity index is 1520. The van der Waals surface area contributed by atoms with Gasteiger partial charge in [0.15, 0.2) is 0 Å². The molecule has 1 atom stereocenters. The fourth-order valence-electron chi connectivity index (χ4n) is 5.90. The van der Waals surface area contributed by atoms with Gasteiger partial charge in [0.05, 0.1) is 11.4 Å². The average molecular weight is 596 g/mol. The van der Waals surface area contributed by atoms with Gasteiger partial charge in [-0.25, -0.2) is 0 Å². The number of benzene rings is 4. The smallest absolute Gasteiger partial charge is 0.256 e. The first-order valence-electron chi connectivity index (χ1n) is 15.0. The lowest BCUT2D eigenvalue weighted by molar-refractivity contribution is -0.131. The van der Waals surface area contributed by atoms with Crippen molar-refractivity contribution in [2.45, 2.75) is 37.4 Å². The van der Waals surface area contributed by atoms with E-state index in [9.17, 15) is 9.59 Å². The zero-order valence-electron chi connectivity index (χ0n) is 23.8. The highest BCUT2D eigenvalue weighted by atomic mass is 33.1. The minimum absolute atomic E-state index is 0.123. The van der Waals surface area contributed by atoms with Crippen LogP contribution in [-0.2, 0) is 4.79 Å². The van der Waals surface area contributed by atoms with Gasteiger partial charge in [-0.05, 0) is 59.4 Å². The second-order valence-electron chi connectivity index (χ2n) is 11.0. The predicted octanol–water partition coefficient (Wildman–Crippen LogP) is 8.12. The molecule has 0 spiro atoms. The second kappa shape index (κ2) is 13.7. The number of unbranched alkanes of at least 4 members (excludes halogenated alkanes) is 1. The third kappa shape index (κ3) is 6.79. The third-order valence-electron chi connectivity index (χ3n) is 8.25. The number of nitrogens with one attached hydrogen (secondary N) is 1. The number of piperazine rings is 1. The van der Waals surface area contributed by atoms with Gasteiger partial charge in [-0.3, -0.25) is 9.59 Å². The van der Waals surface area contributed by atoms with Gasteiger partial charge >= 0.3 is 0 Å². The maximum Gasteiger partial charge on any atom is 0.256 e. The summed E-state index contributed by atoms with van der Waals surface area (Å²) in [7, 11) is 4.00. The van der Waals surface area contributed by atoms with Crippen molar-refractivity contribution in [3.8, 4) is 11.1 Å². The fourth-order valence-corrected chi connectivity index (χ4v) is 8.93. The molecule has 7 heteroatoms. The van der Waals surface area contributed by atoms with Crippen LogP contribution in [0, 0.1) is 0 Å². The SMILES string of the molecule is O=C(Nc1cc(-c2ccccc2)ccc1N1CCN(C(=O)CCCCC2CCSS2)CC1)c1cccc2ccccc12. The standard InChI is InChI=1S/C35H37N3O2S2/c39-34(16-7-5-13-29-19-24-41-42-29)38-22-20-37(21-23-38)33-18-17-28(26-9-2-1-3-10-26)25-32(33)36-35(40)31-15-8-12-27-11-4-6-14-30(27)31/h1-4,6,8-12,14-15,17-18,25,29H,5,7,13,16,19-24H2,(H,36,40). The van der Waals surface area contributed by atoms with Crippen LogP contribution in [0.1, 0.15) is 42.5 Å². The summed E-state index contributed by atoms with van der Waals surface area (Å²) < 4.78 is 0. The van der Waals surface area contributed by atoms with Gasteiger partial charge in [0.2, 0.25) is 5.91 Å². The van der Waals surface area contributed by atoms with E-state index in [-0.39, 0.29) is 11.8 Å². The van der Waals surface area contributed by atoms with Crippen LogP contribution in [-0.4, -0.2) is 53.9 Å². The van der Waals surface area contributed by atoms with Gasteiger partial charge in [-0.2, -0.15) is 0 Å². The lowest BCUT2D eigenvalue weighted by Gasteiger charge is -2.37. The van der Waals surface area contributed by atoms with Crippen molar-refractivity contribution in [1.82, 2.24) is 4.90 Å². The molecule has 0 radical (unpaired) electrons. The summed E-state index contributed by atoms with van der Waals surface area (Å²) in [6, 6.07) is 30.4. The van der Waals surface area contributed by atoms with Crippen molar-refractivity contribution >= 4 is 55.5 Å². The molecule has 2 amide bonds. The van der Waals surface area contributed by atoms with Crippen molar-refractivity contribution < 1.29 is 9.59 Å². The van der Waals surface area contributed by atoms with Gasteiger partial charge in [-0.15, -0.1) is 0 Å². The molecule has 2 aliphatic rings. The normalized spacial score (nSPS) is 17.0. The van der Waals surface area contributed by atoms with Crippen LogP contribution in [0.2, 0.25) is 0 Å². The molecule has 4 aromatic carbocycles. The molecule has 1 N–H and O–H groups in total. The van der Waals surface area contributed by atoms with Crippen LogP contribution in [0.5, 0.6) is 0 Å². The van der Waals surface area contributed by atoms with Gasteiger partial charge in [0.1, 0.15) is 0 Å². The lowest BCUT2D eigenvalue weighted by atomic mass is 10.0. The van der Waals surface area contributed by atoms with Crippen LogP contribution in [0.3, 0.4) is 0 Å². The molecule has 4 aromatic rings. The molecule has 2 saturated heterocycles. The molecule has 5 nitrogen and oxygen atoms in total. The molecule has 216 valence electrons. The topological polar surface area (TPSA) is 52.7 Å². The Balaban J connectivity index is 1.15. The monoisotopic (exact) mass is 595 g/mol. The Morgan fingerprint density at radius 1 is 0.810 bits per heavy atom. The Hall–Kier alpha value is -3.42. The van der Waals surface area contributed by atoms with E-state index in [4.69, 9.17) is 0 Å². The maximum atomic E-state index is 13.7. The first-order chi connectivity index (χ1) is 20.7. The summed E-state index contributed by atoms with van der Waals surface area (Å²) in [5.41, 5.74) is 4.59. The number of amides is 2. The van der Waals surface area contributed by atoms with Gasteiger partial charge in [-0.1, -0.05) is 101 Å². The molecular weight excluding hydrogens is 559 g/mol. The molecule has 1 unspecified atom stereocenters. The van der Waals surface area contributed by atoms with E-state index in [1.165, 1.54) is 18.6 Å². The molecule has 2 fully saturated rings. The zero-order chi connectivity index (χ0) is 28.7.